The quantitative estimate of drug-likeness (QED) is 0.295. The van der Waals surface area contributed by atoms with Crippen molar-refractivity contribution < 1.29 is 28.3 Å². The van der Waals surface area contributed by atoms with Crippen LogP contribution in [0.5, 0.6) is 5.75 Å². The molecule has 1 amide bonds. The lowest BCUT2D eigenvalue weighted by atomic mass is 9.84. The van der Waals surface area contributed by atoms with Gasteiger partial charge in [-0.15, -0.1) is 0 Å². The summed E-state index contributed by atoms with van der Waals surface area (Å²) in [4.78, 5) is 27.6. The number of aliphatic hydroxyl groups is 1. The highest BCUT2D eigenvalue weighted by molar-refractivity contribution is 6.46. The Morgan fingerprint density at radius 3 is 2.50 bits per heavy atom. The highest BCUT2D eigenvalue weighted by Gasteiger charge is 2.48. The van der Waals surface area contributed by atoms with Crippen LogP contribution in [0.15, 0.2) is 63.1 Å². The molecule has 0 radical (unpaired) electrons. The zero-order valence-electron chi connectivity index (χ0n) is 20.0. The number of ether oxygens (including phenoxy) is 1. The number of carbonyl (C=O) groups is 2. The van der Waals surface area contributed by atoms with E-state index in [1.165, 1.54) is 11.2 Å². The molecule has 34 heavy (non-hydrogen) atoms. The van der Waals surface area contributed by atoms with Crippen LogP contribution in [-0.2, 0) is 21.5 Å². The molecule has 1 aliphatic rings. The molecular formula is C27H29NO6. The largest absolute Gasteiger partial charge is 0.507 e. The van der Waals surface area contributed by atoms with E-state index in [4.69, 9.17) is 13.6 Å². The molecule has 7 heteroatoms. The molecule has 0 saturated carbocycles. The van der Waals surface area contributed by atoms with Gasteiger partial charge in [-0.3, -0.25) is 9.59 Å². The minimum atomic E-state index is -0.886. The standard InChI is InChI=1S/C27H29NO6/c1-6-32-20-12-10-17(14-19(20)27(3,4)5)24(29)22-23(21-11-9-16(2)34-21)28(26(31)25(22)30)15-18-8-7-13-33-18/h7-14,23,29H,6,15H2,1-5H3/b24-22-. The molecule has 1 saturated heterocycles. The molecule has 0 spiro atoms. The zero-order chi connectivity index (χ0) is 24.6. The van der Waals surface area contributed by atoms with Crippen molar-refractivity contribution in [2.24, 2.45) is 0 Å². The van der Waals surface area contributed by atoms with Crippen molar-refractivity contribution in [3.63, 3.8) is 0 Å². The fourth-order valence-corrected chi connectivity index (χ4v) is 4.21. The summed E-state index contributed by atoms with van der Waals surface area (Å²) >= 11 is 0. The second-order valence-electron chi connectivity index (χ2n) is 9.35. The number of hydrogen-bond donors (Lipinski definition) is 1. The van der Waals surface area contributed by atoms with Gasteiger partial charge in [-0.05, 0) is 61.7 Å². The van der Waals surface area contributed by atoms with Crippen molar-refractivity contribution in [3.05, 3.63) is 82.7 Å². The number of rotatable bonds is 6. The number of carbonyl (C=O) groups excluding carboxylic acids is 2. The van der Waals surface area contributed by atoms with Crippen LogP contribution in [0.1, 0.15) is 62.1 Å². The van der Waals surface area contributed by atoms with Crippen LogP contribution in [0.3, 0.4) is 0 Å². The van der Waals surface area contributed by atoms with Gasteiger partial charge >= 0.3 is 0 Å². The van der Waals surface area contributed by atoms with Gasteiger partial charge < -0.3 is 23.6 Å². The fraction of sp³-hybridized carbons (Fsp3) is 0.333. The Morgan fingerprint density at radius 2 is 1.91 bits per heavy atom. The lowest BCUT2D eigenvalue weighted by Crippen LogP contribution is -2.28. The Bertz CT molecular complexity index is 1240. The summed E-state index contributed by atoms with van der Waals surface area (Å²) in [5, 5.41) is 11.4. The lowest BCUT2D eigenvalue weighted by Gasteiger charge is -2.24. The molecule has 1 unspecified atom stereocenters. The molecular weight excluding hydrogens is 434 g/mol. The molecule has 178 valence electrons. The van der Waals surface area contributed by atoms with Crippen molar-refractivity contribution >= 4 is 17.4 Å². The van der Waals surface area contributed by atoms with Gasteiger partial charge in [0.2, 0.25) is 0 Å². The molecule has 3 heterocycles. The van der Waals surface area contributed by atoms with Crippen LogP contribution in [0, 0.1) is 6.92 Å². The van der Waals surface area contributed by atoms with E-state index in [1.807, 2.05) is 33.8 Å². The summed E-state index contributed by atoms with van der Waals surface area (Å²) < 4.78 is 17.0. The smallest absolute Gasteiger partial charge is 0.296 e. The number of ketones is 1. The summed E-state index contributed by atoms with van der Waals surface area (Å²) in [7, 11) is 0. The highest BCUT2D eigenvalue weighted by Crippen LogP contribution is 2.42. The zero-order valence-corrected chi connectivity index (χ0v) is 20.0. The molecule has 1 fully saturated rings. The first kappa shape index (κ1) is 23.4. The van der Waals surface area contributed by atoms with Gasteiger partial charge in [0.05, 0.1) is 25.0 Å². The van der Waals surface area contributed by atoms with Crippen LogP contribution in [0.2, 0.25) is 0 Å². The molecule has 0 aliphatic carbocycles. The molecule has 7 nitrogen and oxygen atoms in total. The van der Waals surface area contributed by atoms with E-state index >= 15 is 0 Å². The Kier molecular flexibility index (Phi) is 6.13. The maximum atomic E-state index is 13.2. The third-order valence-corrected chi connectivity index (χ3v) is 5.84. The predicted octanol–water partition coefficient (Wildman–Crippen LogP) is 5.50. The molecule has 2 aromatic heterocycles. The average molecular weight is 464 g/mol. The fourth-order valence-electron chi connectivity index (χ4n) is 4.21. The van der Waals surface area contributed by atoms with Crippen molar-refractivity contribution in [2.75, 3.05) is 6.61 Å². The van der Waals surface area contributed by atoms with E-state index in [-0.39, 0.29) is 23.3 Å². The number of Topliss-reactive ketones (excluding diaryl/α,β-unsaturated/α-hetero) is 1. The van der Waals surface area contributed by atoms with Crippen LogP contribution >= 0.6 is 0 Å². The third kappa shape index (κ3) is 4.25. The lowest BCUT2D eigenvalue weighted by molar-refractivity contribution is -0.140. The molecule has 1 N–H and O–H groups in total. The number of hydrogen-bond acceptors (Lipinski definition) is 6. The van der Waals surface area contributed by atoms with Crippen molar-refractivity contribution in [2.45, 2.75) is 52.6 Å². The number of aliphatic hydroxyl groups excluding tert-OH is 1. The first-order chi connectivity index (χ1) is 16.1. The summed E-state index contributed by atoms with van der Waals surface area (Å²) in [6, 6.07) is 11.3. The van der Waals surface area contributed by atoms with Crippen LogP contribution in [-0.4, -0.2) is 28.3 Å². The van der Waals surface area contributed by atoms with Crippen molar-refractivity contribution in [1.29, 1.82) is 0 Å². The Balaban J connectivity index is 1.87. The first-order valence-corrected chi connectivity index (χ1v) is 11.3. The molecule has 0 bridgehead atoms. The van der Waals surface area contributed by atoms with E-state index in [0.29, 0.717) is 35.2 Å². The maximum Gasteiger partial charge on any atom is 0.296 e. The number of amides is 1. The molecule has 3 aromatic rings. The summed E-state index contributed by atoms with van der Waals surface area (Å²) in [5.41, 5.74) is 1.02. The summed E-state index contributed by atoms with van der Waals surface area (Å²) in [6.45, 7) is 10.4. The summed E-state index contributed by atoms with van der Waals surface area (Å²) in [6.07, 6.45) is 1.51. The normalized spacial score (nSPS) is 18.0. The molecule has 4 rings (SSSR count). The topological polar surface area (TPSA) is 93.1 Å². The van der Waals surface area contributed by atoms with Gasteiger partial charge in [0.15, 0.2) is 0 Å². The van der Waals surface area contributed by atoms with Crippen LogP contribution in [0.4, 0.5) is 0 Å². The Labute approximate surface area is 198 Å². The maximum absolute atomic E-state index is 13.2. The minimum absolute atomic E-state index is 0.0186. The molecule has 1 aromatic carbocycles. The van der Waals surface area contributed by atoms with Crippen LogP contribution in [0.25, 0.3) is 5.76 Å². The van der Waals surface area contributed by atoms with E-state index in [2.05, 4.69) is 0 Å². The van der Waals surface area contributed by atoms with Gasteiger partial charge in [0.1, 0.15) is 34.8 Å². The second kappa shape index (κ2) is 8.89. The van der Waals surface area contributed by atoms with Gasteiger partial charge in [-0.1, -0.05) is 20.8 Å². The Hall–Kier alpha value is -3.74. The number of likely N-dealkylation sites (tertiary alicyclic amines) is 1. The third-order valence-electron chi connectivity index (χ3n) is 5.84. The minimum Gasteiger partial charge on any atom is -0.507 e. The molecule has 1 aliphatic heterocycles. The van der Waals surface area contributed by atoms with E-state index < -0.39 is 17.7 Å². The highest BCUT2D eigenvalue weighted by atomic mass is 16.5. The Morgan fingerprint density at radius 1 is 1.15 bits per heavy atom. The van der Waals surface area contributed by atoms with Crippen molar-refractivity contribution in [3.8, 4) is 5.75 Å². The van der Waals surface area contributed by atoms with Crippen LogP contribution < -0.4 is 4.74 Å². The SMILES string of the molecule is CCOc1ccc(/C(O)=C2/C(=O)C(=O)N(Cc3ccco3)C2c2ccc(C)o2)cc1C(C)(C)C. The number of furan rings is 2. The van der Waals surface area contributed by atoms with E-state index in [0.717, 1.165) is 5.56 Å². The monoisotopic (exact) mass is 463 g/mol. The van der Waals surface area contributed by atoms with Gasteiger partial charge in [0, 0.05) is 11.1 Å². The van der Waals surface area contributed by atoms with Gasteiger partial charge in [0.25, 0.3) is 11.7 Å². The van der Waals surface area contributed by atoms with Gasteiger partial charge in [-0.2, -0.15) is 0 Å². The van der Waals surface area contributed by atoms with Gasteiger partial charge in [-0.25, -0.2) is 0 Å². The van der Waals surface area contributed by atoms with E-state index in [9.17, 15) is 14.7 Å². The predicted molar refractivity (Wildman–Crippen MR) is 126 cm³/mol. The number of aryl methyl sites for hydroxylation is 1. The first-order valence-electron chi connectivity index (χ1n) is 11.3. The second-order valence-corrected chi connectivity index (χ2v) is 9.35. The van der Waals surface area contributed by atoms with E-state index in [1.54, 1.807) is 43.3 Å². The van der Waals surface area contributed by atoms with Crippen molar-refractivity contribution in [1.82, 2.24) is 4.90 Å². The number of benzene rings is 1. The number of nitrogens with zero attached hydrogens (tertiary/aromatic N) is 1. The summed E-state index contributed by atoms with van der Waals surface area (Å²) in [5.74, 6) is 0.511. The average Bonchev–Trinajstić information content (AvgIpc) is 3.50. The molecule has 1 atom stereocenters.